The van der Waals surface area contributed by atoms with E-state index in [0.717, 1.165) is 37.3 Å². The second-order valence-corrected chi connectivity index (χ2v) is 5.59. The summed E-state index contributed by atoms with van der Waals surface area (Å²) in [6.45, 7) is 2.71. The number of aryl methyl sites for hydroxylation is 2. The van der Waals surface area contributed by atoms with Gasteiger partial charge in [-0.2, -0.15) is 0 Å². The molecule has 0 aliphatic carbocycles. The number of hydrogen-bond donors (Lipinski definition) is 0. The van der Waals surface area contributed by atoms with Crippen LogP contribution in [0.3, 0.4) is 0 Å². The lowest BCUT2D eigenvalue weighted by atomic mass is 10.1. The lowest BCUT2D eigenvalue weighted by molar-refractivity contribution is -0.132. The number of aromatic nitrogens is 1. The molecule has 1 saturated heterocycles. The average molecular weight is 284 g/mol. The number of nitrogens with zero attached hydrogens (tertiary/aromatic N) is 2. The number of benzene rings is 1. The molecule has 2 aromatic rings. The van der Waals surface area contributed by atoms with E-state index < -0.39 is 0 Å². The maximum atomic E-state index is 12.5. The van der Waals surface area contributed by atoms with Crippen LogP contribution in [0, 0.1) is 6.92 Å². The van der Waals surface area contributed by atoms with Crippen molar-refractivity contribution in [2.45, 2.75) is 38.6 Å². The van der Waals surface area contributed by atoms with E-state index in [1.54, 1.807) is 0 Å². The summed E-state index contributed by atoms with van der Waals surface area (Å²) in [5, 5.41) is 4.08. The summed E-state index contributed by atoms with van der Waals surface area (Å²) in [6.07, 6.45) is 3.36. The molecule has 110 valence electrons. The van der Waals surface area contributed by atoms with Crippen LogP contribution in [0.15, 0.2) is 40.9 Å². The molecule has 1 fully saturated rings. The van der Waals surface area contributed by atoms with Crippen LogP contribution in [0.1, 0.15) is 42.3 Å². The summed E-state index contributed by atoms with van der Waals surface area (Å²) < 4.78 is 5.15. The maximum Gasteiger partial charge on any atom is 0.223 e. The van der Waals surface area contributed by atoms with Gasteiger partial charge in [0.2, 0.25) is 5.91 Å². The van der Waals surface area contributed by atoms with Crippen LogP contribution in [0.25, 0.3) is 0 Å². The van der Waals surface area contributed by atoms with E-state index in [9.17, 15) is 4.79 Å². The molecule has 0 saturated carbocycles. The van der Waals surface area contributed by atoms with E-state index in [4.69, 9.17) is 4.52 Å². The summed E-state index contributed by atoms with van der Waals surface area (Å²) in [7, 11) is 0. The van der Waals surface area contributed by atoms with Crippen molar-refractivity contribution in [3.63, 3.8) is 0 Å². The first-order chi connectivity index (χ1) is 10.2. The molecule has 1 aliphatic rings. The Balaban J connectivity index is 1.63. The molecule has 1 unspecified atom stereocenters. The van der Waals surface area contributed by atoms with Crippen LogP contribution in [-0.4, -0.2) is 22.5 Å². The topological polar surface area (TPSA) is 46.3 Å². The van der Waals surface area contributed by atoms with Crippen molar-refractivity contribution in [3.05, 3.63) is 53.4 Å². The molecule has 2 heterocycles. The Morgan fingerprint density at radius 2 is 2.19 bits per heavy atom. The Morgan fingerprint density at radius 1 is 1.38 bits per heavy atom. The predicted octanol–water partition coefficient (Wildman–Crippen LogP) is 3.28. The van der Waals surface area contributed by atoms with Crippen LogP contribution in [0.5, 0.6) is 0 Å². The fraction of sp³-hybridized carbons (Fsp3) is 0.412. The van der Waals surface area contributed by atoms with Gasteiger partial charge in [0.15, 0.2) is 0 Å². The minimum absolute atomic E-state index is 0.0886. The highest BCUT2D eigenvalue weighted by Crippen LogP contribution is 2.32. The van der Waals surface area contributed by atoms with Gasteiger partial charge in [0.05, 0.1) is 6.04 Å². The van der Waals surface area contributed by atoms with E-state index in [1.807, 2.05) is 36.1 Å². The van der Waals surface area contributed by atoms with Gasteiger partial charge in [-0.1, -0.05) is 35.5 Å². The van der Waals surface area contributed by atoms with Crippen LogP contribution in [0.2, 0.25) is 0 Å². The average Bonchev–Trinajstić information content (AvgIpc) is 3.14. The van der Waals surface area contributed by atoms with Crippen LogP contribution < -0.4 is 0 Å². The predicted molar refractivity (Wildman–Crippen MR) is 79.7 cm³/mol. The van der Waals surface area contributed by atoms with Gasteiger partial charge in [-0.15, -0.1) is 0 Å². The summed E-state index contributed by atoms with van der Waals surface area (Å²) in [4.78, 5) is 14.4. The Kier molecular flexibility index (Phi) is 4.04. The first kappa shape index (κ1) is 13.9. The van der Waals surface area contributed by atoms with Gasteiger partial charge in [-0.3, -0.25) is 4.79 Å². The molecule has 0 spiro atoms. The normalized spacial score (nSPS) is 18.1. The van der Waals surface area contributed by atoms with Gasteiger partial charge in [-0.25, -0.2) is 0 Å². The SMILES string of the molecule is Cc1cc(C2CCCN2C(=O)CCc2ccccc2)no1. The van der Waals surface area contributed by atoms with Crippen molar-refractivity contribution in [2.75, 3.05) is 6.54 Å². The minimum atomic E-state index is 0.0886. The van der Waals surface area contributed by atoms with E-state index in [-0.39, 0.29) is 11.9 Å². The molecule has 4 nitrogen and oxygen atoms in total. The maximum absolute atomic E-state index is 12.5. The number of rotatable bonds is 4. The lowest BCUT2D eigenvalue weighted by Crippen LogP contribution is -2.30. The third kappa shape index (κ3) is 3.15. The molecular formula is C17H20N2O2. The van der Waals surface area contributed by atoms with Crippen LogP contribution in [-0.2, 0) is 11.2 Å². The van der Waals surface area contributed by atoms with E-state index in [1.165, 1.54) is 5.56 Å². The molecule has 1 aromatic carbocycles. The molecule has 1 amide bonds. The zero-order chi connectivity index (χ0) is 14.7. The molecule has 21 heavy (non-hydrogen) atoms. The number of carbonyl (C=O) groups is 1. The smallest absolute Gasteiger partial charge is 0.223 e. The van der Waals surface area contributed by atoms with Gasteiger partial charge in [0, 0.05) is 19.0 Å². The molecule has 1 aromatic heterocycles. The molecule has 0 radical (unpaired) electrons. The first-order valence-corrected chi connectivity index (χ1v) is 7.50. The first-order valence-electron chi connectivity index (χ1n) is 7.50. The molecule has 3 rings (SSSR count). The summed E-state index contributed by atoms with van der Waals surface area (Å²) in [5.41, 5.74) is 2.09. The molecule has 1 atom stereocenters. The van der Waals surface area contributed by atoms with Gasteiger partial charge >= 0.3 is 0 Å². The van der Waals surface area contributed by atoms with Crippen molar-refractivity contribution in [1.82, 2.24) is 10.1 Å². The lowest BCUT2D eigenvalue weighted by Gasteiger charge is -2.23. The molecule has 0 bridgehead atoms. The highest BCUT2D eigenvalue weighted by Gasteiger charge is 2.31. The fourth-order valence-electron chi connectivity index (χ4n) is 2.95. The van der Waals surface area contributed by atoms with Gasteiger partial charge in [0.25, 0.3) is 0 Å². The monoisotopic (exact) mass is 284 g/mol. The van der Waals surface area contributed by atoms with Crippen molar-refractivity contribution in [2.24, 2.45) is 0 Å². The van der Waals surface area contributed by atoms with Gasteiger partial charge in [-0.05, 0) is 31.7 Å². The Bertz CT molecular complexity index is 606. The van der Waals surface area contributed by atoms with Crippen molar-refractivity contribution < 1.29 is 9.32 Å². The summed E-state index contributed by atoms with van der Waals surface area (Å²) in [6, 6.07) is 12.2. The number of likely N-dealkylation sites (tertiary alicyclic amines) is 1. The Morgan fingerprint density at radius 3 is 2.90 bits per heavy atom. The van der Waals surface area contributed by atoms with E-state index >= 15 is 0 Å². The summed E-state index contributed by atoms with van der Waals surface area (Å²) in [5.74, 6) is 1.01. The highest BCUT2D eigenvalue weighted by molar-refractivity contribution is 5.77. The fourth-order valence-corrected chi connectivity index (χ4v) is 2.95. The van der Waals surface area contributed by atoms with Crippen molar-refractivity contribution in [1.29, 1.82) is 0 Å². The standard InChI is InChI=1S/C17H20N2O2/c1-13-12-15(18-21-13)16-8-5-11-19(16)17(20)10-9-14-6-3-2-4-7-14/h2-4,6-7,12,16H,5,8-11H2,1H3. The van der Waals surface area contributed by atoms with Crippen LogP contribution >= 0.6 is 0 Å². The third-order valence-corrected chi connectivity index (χ3v) is 4.03. The van der Waals surface area contributed by atoms with Gasteiger partial charge < -0.3 is 9.42 Å². The van der Waals surface area contributed by atoms with E-state index in [2.05, 4.69) is 17.3 Å². The number of carbonyl (C=O) groups excluding carboxylic acids is 1. The number of amides is 1. The van der Waals surface area contributed by atoms with Gasteiger partial charge in [0.1, 0.15) is 11.5 Å². The zero-order valence-corrected chi connectivity index (χ0v) is 12.3. The van der Waals surface area contributed by atoms with Crippen LogP contribution in [0.4, 0.5) is 0 Å². The molecule has 4 heteroatoms. The second kappa shape index (κ2) is 6.12. The summed E-state index contributed by atoms with van der Waals surface area (Å²) >= 11 is 0. The number of hydrogen-bond acceptors (Lipinski definition) is 3. The Hall–Kier alpha value is -2.10. The molecule has 0 N–H and O–H groups in total. The van der Waals surface area contributed by atoms with E-state index in [0.29, 0.717) is 6.42 Å². The minimum Gasteiger partial charge on any atom is -0.361 e. The Labute approximate surface area is 124 Å². The third-order valence-electron chi connectivity index (χ3n) is 4.03. The highest BCUT2D eigenvalue weighted by atomic mass is 16.5. The van der Waals surface area contributed by atoms with Crippen molar-refractivity contribution >= 4 is 5.91 Å². The zero-order valence-electron chi connectivity index (χ0n) is 12.3. The molecule has 1 aliphatic heterocycles. The second-order valence-electron chi connectivity index (χ2n) is 5.59. The molecular weight excluding hydrogens is 264 g/mol. The quantitative estimate of drug-likeness (QED) is 0.865. The van der Waals surface area contributed by atoms with Crippen molar-refractivity contribution in [3.8, 4) is 0 Å². The largest absolute Gasteiger partial charge is 0.361 e.